The zero-order valence-corrected chi connectivity index (χ0v) is 10.0. The summed E-state index contributed by atoms with van der Waals surface area (Å²) in [5.74, 6) is 1.43. The number of methoxy groups -OCH3 is 1. The molecule has 6 nitrogen and oxygen atoms in total. The molecule has 0 saturated carbocycles. The largest absolute Gasteiger partial charge is 0.497 e. The molecule has 1 unspecified atom stereocenters. The summed E-state index contributed by atoms with van der Waals surface area (Å²) in [5, 5.41) is 13.2. The van der Waals surface area contributed by atoms with Crippen molar-refractivity contribution >= 4 is 0 Å². The van der Waals surface area contributed by atoms with E-state index in [2.05, 4.69) is 10.1 Å². The summed E-state index contributed by atoms with van der Waals surface area (Å²) in [6.07, 6.45) is -0.394. The Labute approximate surface area is 104 Å². The number of ether oxygens (including phenoxy) is 1. The molecule has 0 aliphatic carbocycles. The first-order chi connectivity index (χ1) is 8.72. The van der Waals surface area contributed by atoms with Gasteiger partial charge in [0.15, 0.2) is 5.82 Å². The first-order valence-electron chi connectivity index (χ1n) is 5.56. The zero-order valence-electron chi connectivity index (χ0n) is 10.0. The molecule has 1 aromatic carbocycles. The monoisotopic (exact) mass is 249 g/mol. The summed E-state index contributed by atoms with van der Waals surface area (Å²) in [6, 6.07) is 7.60. The Hall–Kier alpha value is -1.92. The van der Waals surface area contributed by atoms with E-state index < -0.39 is 6.10 Å². The second kappa shape index (κ2) is 5.61. The SMILES string of the molecule is COc1cccc(Cc2noc(C(O)CN)n2)c1. The van der Waals surface area contributed by atoms with Crippen LogP contribution < -0.4 is 10.5 Å². The molecule has 3 N–H and O–H groups in total. The number of benzene rings is 1. The van der Waals surface area contributed by atoms with E-state index in [1.165, 1.54) is 0 Å². The molecule has 0 aliphatic rings. The van der Waals surface area contributed by atoms with Crippen molar-refractivity contribution in [1.29, 1.82) is 0 Å². The Morgan fingerprint density at radius 2 is 2.33 bits per heavy atom. The molecule has 2 rings (SSSR count). The summed E-state index contributed by atoms with van der Waals surface area (Å²) in [4.78, 5) is 4.08. The van der Waals surface area contributed by atoms with Crippen molar-refractivity contribution in [2.75, 3.05) is 13.7 Å². The summed E-state index contributed by atoms with van der Waals surface area (Å²) in [5.41, 5.74) is 6.31. The molecule has 0 radical (unpaired) electrons. The molecule has 0 aliphatic heterocycles. The maximum atomic E-state index is 9.45. The van der Waals surface area contributed by atoms with E-state index in [0.29, 0.717) is 12.2 Å². The Bertz CT molecular complexity index is 513. The van der Waals surface area contributed by atoms with Gasteiger partial charge >= 0.3 is 0 Å². The minimum absolute atomic E-state index is 0.0563. The van der Waals surface area contributed by atoms with Crippen molar-refractivity contribution in [3.8, 4) is 5.75 Å². The highest BCUT2D eigenvalue weighted by molar-refractivity contribution is 5.30. The Kier molecular flexibility index (Phi) is 3.91. The Balaban J connectivity index is 2.11. The second-order valence-electron chi connectivity index (χ2n) is 3.83. The van der Waals surface area contributed by atoms with Crippen LogP contribution in [0.25, 0.3) is 0 Å². The quantitative estimate of drug-likeness (QED) is 0.808. The zero-order chi connectivity index (χ0) is 13.0. The maximum Gasteiger partial charge on any atom is 0.256 e. The van der Waals surface area contributed by atoms with Gasteiger partial charge in [-0.15, -0.1) is 0 Å². The van der Waals surface area contributed by atoms with Crippen LogP contribution in [0.1, 0.15) is 23.4 Å². The van der Waals surface area contributed by atoms with Crippen molar-refractivity contribution in [2.24, 2.45) is 5.73 Å². The fourth-order valence-corrected chi connectivity index (χ4v) is 1.54. The van der Waals surface area contributed by atoms with E-state index in [4.69, 9.17) is 15.0 Å². The average Bonchev–Trinajstić information content (AvgIpc) is 2.86. The lowest BCUT2D eigenvalue weighted by atomic mass is 10.1. The van der Waals surface area contributed by atoms with E-state index in [0.717, 1.165) is 11.3 Å². The van der Waals surface area contributed by atoms with Crippen LogP contribution in [0, 0.1) is 0 Å². The lowest BCUT2D eigenvalue weighted by molar-refractivity contribution is 0.141. The van der Waals surface area contributed by atoms with Gasteiger partial charge in [0.05, 0.1) is 7.11 Å². The third-order valence-electron chi connectivity index (χ3n) is 2.49. The lowest BCUT2D eigenvalue weighted by Gasteiger charge is -2.01. The molecule has 0 amide bonds. The van der Waals surface area contributed by atoms with Crippen LogP contribution in [0.4, 0.5) is 0 Å². The van der Waals surface area contributed by atoms with Crippen LogP contribution >= 0.6 is 0 Å². The molecule has 0 saturated heterocycles. The van der Waals surface area contributed by atoms with Crippen LogP contribution in [0.5, 0.6) is 5.75 Å². The van der Waals surface area contributed by atoms with E-state index >= 15 is 0 Å². The van der Waals surface area contributed by atoms with Crippen molar-refractivity contribution in [2.45, 2.75) is 12.5 Å². The molecule has 0 fully saturated rings. The smallest absolute Gasteiger partial charge is 0.256 e. The summed E-state index contributed by atoms with van der Waals surface area (Å²) >= 11 is 0. The number of rotatable bonds is 5. The van der Waals surface area contributed by atoms with Gasteiger partial charge in [-0.2, -0.15) is 4.98 Å². The molecule has 2 aromatic rings. The van der Waals surface area contributed by atoms with Crippen molar-refractivity contribution < 1.29 is 14.4 Å². The van der Waals surface area contributed by atoms with Gasteiger partial charge in [-0.3, -0.25) is 0 Å². The fourth-order valence-electron chi connectivity index (χ4n) is 1.54. The van der Waals surface area contributed by atoms with Gasteiger partial charge in [-0.05, 0) is 17.7 Å². The molecule has 0 spiro atoms. The first kappa shape index (κ1) is 12.5. The molecular formula is C12H15N3O3. The number of aromatic nitrogens is 2. The number of hydrogen-bond acceptors (Lipinski definition) is 6. The number of hydrogen-bond donors (Lipinski definition) is 2. The fraction of sp³-hybridized carbons (Fsp3) is 0.333. The van der Waals surface area contributed by atoms with Gasteiger partial charge in [0, 0.05) is 13.0 Å². The third-order valence-corrected chi connectivity index (χ3v) is 2.49. The van der Waals surface area contributed by atoms with Gasteiger partial charge < -0.3 is 20.1 Å². The third kappa shape index (κ3) is 2.85. The molecular weight excluding hydrogens is 234 g/mol. The topological polar surface area (TPSA) is 94.4 Å². The van der Waals surface area contributed by atoms with Crippen molar-refractivity contribution in [1.82, 2.24) is 10.1 Å². The van der Waals surface area contributed by atoms with Crippen LogP contribution in [0.2, 0.25) is 0 Å². The maximum absolute atomic E-state index is 9.45. The number of nitrogens with two attached hydrogens (primary N) is 1. The predicted molar refractivity (Wildman–Crippen MR) is 64.1 cm³/mol. The summed E-state index contributed by atoms with van der Waals surface area (Å²) < 4.78 is 10.1. The van der Waals surface area contributed by atoms with Gasteiger partial charge in [-0.1, -0.05) is 17.3 Å². The lowest BCUT2D eigenvalue weighted by Crippen LogP contribution is -2.11. The molecule has 1 aromatic heterocycles. The molecule has 0 bridgehead atoms. The summed E-state index contributed by atoms with van der Waals surface area (Å²) in [7, 11) is 1.61. The van der Waals surface area contributed by atoms with Crippen LogP contribution in [0.15, 0.2) is 28.8 Å². The van der Waals surface area contributed by atoms with Crippen LogP contribution in [0.3, 0.4) is 0 Å². The molecule has 96 valence electrons. The van der Waals surface area contributed by atoms with Gasteiger partial charge in [-0.25, -0.2) is 0 Å². The standard InChI is InChI=1S/C12H15N3O3/c1-17-9-4-2-3-8(5-9)6-11-14-12(18-15-11)10(16)7-13/h2-5,10,16H,6-7,13H2,1H3. The number of aliphatic hydroxyl groups excluding tert-OH is 1. The molecule has 1 atom stereocenters. The Morgan fingerprint density at radius 3 is 3.06 bits per heavy atom. The number of nitrogens with zero attached hydrogens (tertiary/aromatic N) is 2. The number of aliphatic hydroxyl groups is 1. The highest BCUT2D eigenvalue weighted by atomic mass is 16.5. The minimum Gasteiger partial charge on any atom is -0.497 e. The molecule has 18 heavy (non-hydrogen) atoms. The highest BCUT2D eigenvalue weighted by Crippen LogP contribution is 2.16. The van der Waals surface area contributed by atoms with Crippen molar-refractivity contribution in [3.05, 3.63) is 41.5 Å². The summed E-state index contributed by atoms with van der Waals surface area (Å²) in [6.45, 7) is 0.0563. The Morgan fingerprint density at radius 1 is 1.50 bits per heavy atom. The molecule has 1 heterocycles. The van der Waals surface area contributed by atoms with E-state index in [9.17, 15) is 5.11 Å². The van der Waals surface area contributed by atoms with Gasteiger partial charge in [0.25, 0.3) is 5.89 Å². The van der Waals surface area contributed by atoms with E-state index in [-0.39, 0.29) is 12.4 Å². The normalized spacial score (nSPS) is 12.4. The molecule has 6 heteroatoms. The minimum atomic E-state index is -0.906. The van der Waals surface area contributed by atoms with Crippen LogP contribution in [-0.2, 0) is 6.42 Å². The van der Waals surface area contributed by atoms with E-state index in [1.807, 2.05) is 24.3 Å². The highest BCUT2D eigenvalue weighted by Gasteiger charge is 2.14. The predicted octanol–water partition coefficient (Wildman–Crippen LogP) is 0.661. The van der Waals surface area contributed by atoms with Crippen LogP contribution in [-0.4, -0.2) is 28.9 Å². The average molecular weight is 249 g/mol. The van der Waals surface area contributed by atoms with Gasteiger partial charge in [0.1, 0.15) is 11.9 Å². The van der Waals surface area contributed by atoms with Gasteiger partial charge in [0.2, 0.25) is 0 Å². The van der Waals surface area contributed by atoms with Crippen molar-refractivity contribution in [3.63, 3.8) is 0 Å². The first-order valence-corrected chi connectivity index (χ1v) is 5.56. The van der Waals surface area contributed by atoms with E-state index in [1.54, 1.807) is 7.11 Å². The second-order valence-corrected chi connectivity index (χ2v) is 3.83.